The largest absolute Gasteiger partial charge is 0.380 e. The van der Waals surface area contributed by atoms with Gasteiger partial charge < -0.3 is 10.1 Å². The van der Waals surface area contributed by atoms with Crippen LogP contribution in [0.5, 0.6) is 0 Å². The molecule has 106 valence electrons. The highest BCUT2D eigenvalue weighted by Gasteiger charge is 2.10. The van der Waals surface area contributed by atoms with Gasteiger partial charge in [-0.3, -0.25) is 4.98 Å². The normalized spacial score (nSPS) is 12.2. The number of pyridine rings is 1. The second kappa shape index (κ2) is 6.43. The Morgan fingerprint density at radius 2 is 1.90 bits per heavy atom. The van der Waals surface area contributed by atoms with Crippen LogP contribution in [0.15, 0.2) is 24.5 Å². The molecule has 2 aromatic heterocycles. The van der Waals surface area contributed by atoms with Gasteiger partial charge in [-0.05, 0) is 32.9 Å². The Morgan fingerprint density at radius 1 is 1.20 bits per heavy atom. The summed E-state index contributed by atoms with van der Waals surface area (Å²) in [6, 6.07) is 3.82. The van der Waals surface area contributed by atoms with E-state index in [1.165, 1.54) is 0 Å². The van der Waals surface area contributed by atoms with Gasteiger partial charge in [0.05, 0.1) is 6.10 Å². The van der Waals surface area contributed by atoms with Crippen LogP contribution in [0, 0.1) is 13.8 Å². The van der Waals surface area contributed by atoms with E-state index < -0.39 is 0 Å². The fourth-order valence-electron chi connectivity index (χ4n) is 1.75. The standard InChI is InChI=1S/C15H20N4O/c1-10(20-4)9-17-14-11(2)12(3)18-15(19-14)13-5-7-16-8-6-13/h5-8,10H,9H2,1-4H3,(H,17,18,19). The minimum Gasteiger partial charge on any atom is -0.380 e. The van der Waals surface area contributed by atoms with Crippen molar-refractivity contribution in [2.24, 2.45) is 0 Å². The number of aryl methyl sites for hydroxylation is 1. The second-order valence-corrected chi connectivity index (χ2v) is 4.77. The molecule has 0 aromatic carbocycles. The van der Waals surface area contributed by atoms with Crippen molar-refractivity contribution < 1.29 is 4.74 Å². The minimum atomic E-state index is 0.133. The van der Waals surface area contributed by atoms with Crippen LogP contribution in [0.1, 0.15) is 18.2 Å². The summed E-state index contributed by atoms with van der Waals surface area (Å²) < 4.78 is 5.24. The molecule has 2 heterocycles. The fraction of sp³-hybridized carbons (Fsp3) is 0.400. The summed E-state index contributed by atoms with van der Waals surface area (Å²) in [7, 11) is 1.70. The van der Waals surface area contributed by atoms with Crippen LogP contribution >= 0.6 is 0 Å². The molecule has 20 heavy (non-hydrogen) atoms. The van der Waals surface area contributed by atoms with Crippen LogP contribution in [-0.4, -0.2) is 34.7 Å². The molecule has 0 spiro atoms. The van der Waals surface area contributed by atoms with Crippen molar-refractivity contribution in [1.82, 2.24) is 15.0 Å². The van der Waals surface area contributed by atoms with Crippen LogP contribution in [0.4, 0.5) is 5.82 Å². The lowest BCUT2D eigenvalue weighted by molar-refractivity contribution is 0.128. The Balaban J connectivity index is 2.30. The van der Waals surface area contributed by atoms with Gasteiger partial charge in [0.25, 0.3) is 0 Å². The molecule has 0 radical (unpaired) electrons. The number of hydrogen-bond acceptors (Lipinski definition) is 5. The van der Waals surface area contributed by atoms with Crippen molar-refractivity contribution in [2.45, 2.75) is 26.9 Å². The van der Waals surface area contributed by atoms with E-state index in [1.54, 1.807) is 19.5 Å². The molecule has 5 nitrogen and oxygen atoms in total. The first kappa shape index (κ1) is 14.4. The highest BCUT2D eigenvalue weighted by molar-refractivity contribution is 5.59. The number of nitrogens with one attached hydrogen (secondary N) is 1. The van der Waals surface area contributed by atoms with E-state index in [2.05, 4.69) is 20.3 Å². The third-order valence-corrected chi connectivity index (χ3v) is 3.29. The first-order valence-corrected chi connectivity index (χ1v) is 6.64. The molecule has 1 unspecified atom stereocenters. The summed E-state index contributed by atoms with van der Waals surface area (Å²) in [6.45, 7) is 6.74. The third kappa shape index (κ3) is 3.30. The van der Waals surface area contributed by atoms with Crippen molar-refractivity contribution in [3.63, 3.8) is 0 Å². The number of aromatic nitrogens is 3. The molecular formula is C15H20N4O. The first-order valence-electron chi connectivity index (χ1n) is 6.64. The molecule has 1 atom stereocenters. The summed E-state index contributed by atoms with van der Waals surface area (Å²) in [5, 5.41) is 3.32. The predicted octanol–water partition coefficient (Wildman–Crippen LogP) is 2.60. The summed E-state index contributed by atoms with van der Waals surface area (Å²) in [4.78, 5) is 13.2. The van der Waals surface area contributed by atoms with Crippen molar-refractivity contribution >= 4 is 5.82 Å². The summed E-state index contributed by atoms with van der Waals surface area (Å²) in [5.74, 6) is 1.57. The highest BCUT2D eigenvalue weighted by atomic mass is 16.5. The summed E-state index contributed by atoms with van der Waals surface area (Å²) in [6.07, 6.45) is 3.62. The van der Waals surface area contributed by atoms with E-state index in [9.17, 15) is 0 Å². The fourth-order valence-corrected chi connectivity index (χ4v) is 1.75. The SMILES string of the molecule is COC(C)CNc1nc(-c2ccncc2)nc(C)c1C. The van der Waals surface area contributed by atoms with Crippen LogP contribution < -0.4 is 5.32 Å². The Morgan fingerprint density at radius 3 is 2.55 bits per heavy atom. The van der Waals surface area contributed by atoms with E-state index in [-0.39, 0.29) is 6.10 Å². The lowest BCUT2D eigenvalue weighted by atomic mass is 10.2. The number of hydrogen-bond donors (Lipinski definition) is 1. The zero-order valence-electron chi connectivity index (χ0n) is 12.3. The Labute approximate surface area is 119 Å². The lowest BCUT2D eigenvalue weighted by Crippen LogP contribution is -2.19. The van der Waals surface area contributed by atoms with Gasteiger partial charge in [-0.1, -0.05) is 0 Å². The van der Waals surface area contributed by atoms with E-state index in [0.717, 1.165) is 22.6 Å². The monoisotopic (exact) mass is 272 g/mol. The number of ether oxygens (including phenoxy) is 1. The van der Waals surface area contributed by atoms with Gasteiger partial charge in [0, 0.05) is 42.9 Å². The zero-order chi connectivity index (χ0) is 14.5. The van der Waals surface area contributed by atoms with Crippen LogP contribution in [0.3, 0.4) is 0 Å². The molecule has 2 rings (SSSR count). The first-order chi connectivity index (χ1) is 9.61. The van der Waals surface area contributed by atoms with E-state index in [4.69, 9.17) is 4.74 Å². The van der Waals surface area contributed by atoms with E-state index >= 15 is 0 Å². The summed E-state index contributed by atoms with van der Waals surface area (Å²) >= 11 is 0. The Hall–Kier alpha value is -2.01. The number of nitrogens with zero attached hydrogens (tertiary/aromatic N) is 3. The van der Waals surface area contributed by atoms with Gasteiger partial charge in [0.15, 0.2) is 5.82 Å². The molecule has 0 aliphatic carbocycles. The maximum atomic E-state index is 5.24. The number of methoxy groups -OCH3 is 1. The molecule has 0 fully saturated rings. The lowest BCUT2D eigenvalue weighted by Gasteiger charge is -2.15. The molecule has 0 aliphatic heterocycles. The van der Waals surface area contributed by atoms with Gasteiger partial charge in [-0.15, -0.1) is 0 Å². The van der Waals surface area contributed by atoms with Crippen LogP contribution in [-0.2, 0) is 4.74 Å². The number of anilines is 1. The molecule has 0 saturated carbocycles. The Bertz CT molecular complexity index is 572. The van der Waals surface area contributed by atoms with Crippen molar-refractivity contribution in [1.29, 1.82) is 0 Å². The number of rotatable bonds is 5. The Kier molecular flexibility index (Phi) is 4.63. The van der Waals surface area contributed by atoms with Crippen LogP contribution in [0.2, 0.25) is 0 Å². The van der Waals surface area contributed by atoms with Gasteiger partial charge in [-0.25, -0.2) is 9.97 Å². The van der Waals surface area contributed by atoms with E-state index in [1.807, 2.05) is 32.9 Å². The van der Waals surface area contributed by atoms with Gasteiger partial charge in [0.1, 0.15) is 5.82 Å². The van der Waals surface area contributed by atoms with Gasteiger partial charge in [0.2, 0.25) is 0 Å². The molecule has 1 N–H and O–H groups in total. The van der Waals surface area contributed by atoms with Crippen molar-refractivity contribution in [3.8, 4) is 11.4 Å². The quantitative estimate of drug-likeness (QED) is 0.906. The molecule has 0 saturated heterocycles. The molecule has 0 amide bonds. The highest BCUT2D eigenvalue weighted by Crippen LogP contribution is 2.21. The smallest absolute Gasteiger partial charge is 0.161 e. The van der Waals surface area contributed by atoms with Crippen molar-refractivity contribution in [2.75, 3.05) is 19.0 Å². The maximum absolute atomic E-state index is 5.24. The zero-order valence-corrected chi connectivity index (χ0v) is 12.3. The molecule has 2 aromatic rings. The second-order valence-electron chi connectivity index (χ2n) is 4.77. The molecule has 5 heteroatoms. The average molecular weight is 272 g/mol. The predicted molar refractivity (Wildman–Crippen MR) is 79.7 cm³/mol. The molecule has 0 aliphatic rings. The van der Waals surface area contributed by atoms with Crippen LogP contribution in [0.25, 0.3) is 11.4 Å². The summed E-state index contributed by atoms with van der Waals surface area (Å²) in [5.41, 5.74) is 3.00. The third-order valence-electron chi connectivity index (χ3n) is 3.29. The van der Waals surface area contributed by atoms with E-state index in [0.29, 0.717) is 12.4 Å². The average Bonchev–Trinajstić information content (AvgIpc) is 2.49. The topological polar surface area (TPSA) is 59.9 Å². The van der Waals surface area contributed by atoms with Gasteiger partial charge in [-0.2, -0.15) is 0 Å². The van der Waals surface area contributed by atoms with Crippen molar-refractivity contribution in [3.05, 3.63) is 35.8 Å². The minimum absolute atomic E-state index is 0.133. The van der Waals surface area contributed by atoms with Gasteiger partial charge >= 0.3 is 0 Å². The molecular weight excluding hydrogens is 252 g/mol. The molecule has 0 bridgehead atoms. The maximum Gasteiger partial charge on any atom is 0.161 e.